The molecule has 0 spiro atoms. The molecule has 0 saturated carbocycles. The van der Waals surface area contributed by atoms with Crippen molar-refractivity contribution in [3.8, 4) is 5.75 Å². The second kappa shape index (κ2) is 9.41. The van der Waals surface area contributed by atoms with Crippen molar-refractivity contribution in [1.29, 1.82) is 0 Å². The van der Waals surface area contributed by atoms with Gasteiger partial charge in [-0.05, 0) is 55.7 Å². The van der Waals surface area contributed by atoms with Gasteiger partial charge in [0.05, 0.1) is 12.8 Å². The van der Waals surface area contributed by atoms with Crippen LogP contribution in [0.5, 0.6) is 5.75 Å². The van der Waals surface area contributed by atoms with Crippen LogP contribution in [0.25, 0.3) is 10.9 Å². The normalized spacial score (nSPS) is 12.0. The molecular formula is C24H27NO4. The number of nitrogens with zero attached hydrogens (tertiary/aromatic N) is 1. The van der Waals surface area contributed by atoms with E-state index in [1.54, 1.807) is 7.11 Å². The molecule has 3 aromatic rings. The molecule has 0 aliphatic rings. The lowest BCUT2D eigenvalue weighted by Gasteiger charge is -2.20. The quantitative estimate of drug-likeness (QED) is 0.292. The predicted octanol–water partition coefficient (Wildman–Crippen LogP) is 4.98. The number of aromatic nitrogens is 1. The van der Waals surface area contributed by atoms with Crippen LogP contribution < -0.4 is 4.74 Å². The lowest BCUT2D eigenvalue weighted by atomic mass is 10.1. The minimum Gasteiger partial charge on any atom is -0.497 e. The van der Waals surface area contributed by atoms with Gasteiger partial charge in [0.1, 0.15) is 18.1 Å². The summed E-state index contributed by atoms with van der Waals surface area (Å²) in [6.07, 6.45) is 2.25. The molecular weight excluding hydrogens is 366 g/mol. The van der Waals surface area contributed by atoms with E-state index in [0.717, 1.165) is 34.2 Å². The molecule has 0 aliphatic carbocycles. The average molecular weight is 393 g/mol. The zero-order valence-electron chi connectivity index (χ0n) is 17.2. The zero-order valence-corrected chi connectivity index (χ0v) is 17.2. The minimum atomic E-state index is -0.390. The van der Waals surface area contributed by atoms with E-state index in [1.807, 2.05) is 24.3 Å². The number of rotatable bonds is 9. The van der Waals surface area contributed by atoms with Crippen molar-refractivity contribution in [3.63, 3.8) is 0 Å². The third kappa shape index (κ3) is 5.05. The van der Waals surface area contributed by atoms with Crippen LogP contribution in [0, 0.1) is 6.92 Å². The van der Waals surface area contributed by atoms with Crippen LogP contribution in [0.3, 0.4) is 0 Å². The first-order valence-corrected chi connectivity index (χ1v) is 9.85. The second-order valence-electron chi connectivity index (χ2n) is 7.26. The van der Waals surface area contributed by atoms with Crippen LogP contribution in [-0.2, 0) is 20.9 Å². The maximum Gasteiger partial charge on any atom is 0.303 e. The Hall–Kier alpha value is -3.08. The van der Waals surface area contributed by atoms with Gasteiger partial charge in [0.2, 0.25) is 0 Å². The molecule has 3 rings (SSSR count). The van der Waals surface area contributed by atoms with Crippen LogP contribution in [0.15, 0.2) is 48.5 Å². The number of esters is 1. The molecule has 1 aromatic heterocycles. The molecule has 1 heterocycles. The molecule has 5 nitrogen and oxygen atoms in total. The van der Waals surface area contributed by atoms with E-state index >= 15 is 0 Å². The fourth-order valence-corrected chi connectivity index (χ4v) is 3.62. The summed E-state index contributed by atoms with van der Waals surface area (Å²) in [5.41, 5.74) is 4.34. The van der Waals surface area contributed by atoms with Gasteiger partial charge >= 0.3 is 5.97 Å². The van der Waals surface area contributed by atoms with Crippen LogP contribution in [0.4, 0.5) is 0 Å². The highest BCUT2D eigenvalue weighted by atomic mass is 16.5. The first-order valence-electron chi connectivity index (χ1n) is 9.85. The van der Waals surface area contributed by atoms with Crippen molar-refractivity contribution < 1.29 is 19.1 Å². The van der Waals surface area contributed by atoms with Crippen LogP contribution >= 0.6 is 0 Å². The number of ether oxygens (including phenoxy) is 2. The maximum absolute atomic E-state index is 11.8. The number of benzene rings is 2. The van der Waals surface area contributed by atoms with E-state index in [4.69, 9.17) is 9.47 Å². The van der Waals surface area contributed by atoms with Gasteiger partial charge in [-0.1, -0.05) is 23.8 Å². The van der Waals surface area contributed by atoms with E-state index in [0.29, 0.717) is 25.8 Å². The van der Waals surface area contributed by atoms with Crippen molar-refractivity contribution in [1.82, 2.24) is 4.57 Å². The van der Waals surface area contributed by atoms with Crippen LogP contribution in [0.1, 0.15) is 49.1 Å². The highest BCUT2D eigenvalue weighted by Gasteiger charge is 2.21. The van der Waals surface area contributed by atoms with Crippen molar-refractivity contribution in [3.05, 3.63) is 65.4 Å². The Kier molecular flexibility index (Phi) is 6.70. The van der Waals surface area contributed by atoms with E-state index < -0.39 is 6.10 Å². The third-order valence-corrected chi connectivity index (χ3v) is 5.02. The first kappa shape index (κ1) is 20.6. The SMILES string of the molecule is COc1ccc(Cn2c(C(CCCC=O)OC(C)=O)cc3cc(C)ccc32)cc1. The predicted molar refractivity (Wildman–Crippen MR) is 113 cm³/mol. The summed E-state index contributed by atoms with van der Waals surface area (Å²) in [5.74, 6) is 0.493. The zero-order chi connectivity index (χ0) is 20.8. The standard InChI is InChI=1S/C24H27NO4/c1-17-7-12-22-20(14-17)15-23(24(29-18(2)27)6-4-5-13-26)25(22)16-19-8-10-21(28-3)11-9-19/h7-15,24H,4-6,16H2,1-3H3. The molecule has 0 radical (unpaired) electrons. The molecule has 5 heteroatoms. The number of carbonyl (C=O) groups is 2. The smallest absolute Gasteiger partial charge is 0.303 e. The summed E-state index contributed by atoms with van der Waals surface area (Å²) >= 11 is 0. The molecule has 0 fully saturated rings. The van der Waals surface area contributed by atoms with Gasteiger partial charge in [-0.2, -0.15) is 0 Å². The number of aryl methyl sites for hydroxylation is 1. The van der Waals surface area contributed by atoms with Gasteiger partial charge in [0.15, 0.2) is 0 Å². The number of unbranched alkanes of at least 4 members (excludes halogenated alkanes) is 1. The molecule has 1 unspecified atom stereocenters. The molecule has 2 aromatic carbocycles. The molecule has 0 saturated heterocycles. The van der Waals surface area contributed by atoms with Crippen molar-refractivity contribution in [2.45, 2.75) is 45.8 Å². The molecule has 29 heavy (non-hydrogen) atoms. The Balaban J connectivity index is 2.04. The van der Waals surface area contributed by atoms with Crippen LogP contribution in [-0.4, -0.2) is 23.9 Å². The monoisotopic (exact) mass is 393 g/mol. The fraction of sp³-hybridized carbons (Fsp3) is 0.333. The number of fused-ring (bicyclic) bond motifs is 1. The Morgan fingerprint density at radius 1 is 1.14 bits per heavy atom. The largest absolute Gasteiger partial charge is 0.497 e. The van der Waals surface area contributed by atoms with E-state index in [1.165, 1.54) is 12.5 Å². The van der Waals surface area contributed by atoms with Crippen molar-refractivity contribution >= 4 is 23.2 Å². The lowest BCUT2D eigenvalue weighted by molar-refractivity contribution is -0.147. The number of methoxy groups -OCH3 is 1. The highest BCUT2D eigenvalue weighted by Crippen LogP contribution is 2.31. The Labute approximate surface area is 171 Å². The Morgan fingerprint density at radius 2 is 1.90 bits per heavy atom. The van der Waals surface area contributed by atoms with E-state index in [9.17, 15) is 9.59 Å². The van der Waals surface area contributed by atoms with Gasteiger partial charge < -0.3 is 18.8 Å². The topological polar surface area (TPSA) is 57.5 Å². The van der Waals surface area contributed by atoms with Crippen LogP contribution in [0.2, 0.25) is 0 Å². The maximum atomic E-state index is 11.8. The Bertz CT molecular complexity index is 988. The number of hydrogen-bond acceptors (Lipinski definition) is 4. The fourth-order valence-electron chi connectivity index (χ4n) is 3.62. The van der Waals surface area contributed by atoms with Gasteiger partial charge in [0.25, 0.3) is 0 Å². The number of hydrogen-bond donors (Lipinski definition) is 0. The molecule has 0 amide bonds. The lowest BCUT2D eigenvalue weighted by Crippen LogP contribution is -2.14. The van der Waals surface area contributed by atoms with E-state index in [-0.39, 0.29) is 5.97 Å². The number of aldehydes is 1. The molecule has 1 atom stereocenters. The van der Waals surface area contributed by atoms with E-state index in [2.05, 4.69) is 35.8 Å². The summed E-state index contributed by atoms with van der Waals surface area (Å²) in [6, 6.07) is 16.4. The minimum absolute atomic E-state index is 0.321. The average Bonchev–Trinajstić information content (AvgIpc) is 3.05. The third-order valence-electron chi connectivity index (χ3n) is 5.02. The summed E-state index contributed by atoms with van der Waals surface area (Å²) in [5, 5.41) is 1.11. The Morgan fingerprint density at radius 3 is 2.55 bits per heavy atom. The van der Waals surface area contributed by atoms with Crippen molar-refractivity contribution in [2.24, 2.45) is 0 Å². The number of carbonyl (C=O) groups excluding carboxylic acids is 2. The van der Waals surface area contributed by atoms with Gasteiger partial charge in [-0.15, -0.1) is 0 Å². The highest BCUT2D eigenvalue weighted by molar-refractivity contribution is 5.82. The molecule has 0 N–H and O–H groups in total. The summed E-state index contributed by atoms with van der Waals surface area (Å²) in [6.45, 7) is 4.14. The van der Waals surface area contributed by atoms with Crippen molar-refractivity contribution in [2.75, 3.05) is 7.11 Å². The van der Waals surface area contributed by atoms with Gasteiger partial charge in [-0.25, -0.2) is 0 Å². The first-order chi connectivity index (χ1) is 14.0. The summed E-state index contributed by atoms with van der Waals surface area (Å²) in [4.78, 5) is 22.5. The second-order valence-corrected chi connectivity index (χ2v) is 7.26. The van der Waals surface area contributed by atoms with Gasteiger partial charge in [0, 0.05) is 30.8 Å². The molecule has 0 aliphatic heterocycles. The molecule has 152 valence electrons. The molecule has 0 bridgehead atoms. The summed E-state index contributed by atoms with van der Waals surface area (Å²) in [7, 11) is 1.65. The van der Waals surface area contributed by atoms with Gasteiger partial charge in [-0.3, -0.25) is 4.79 Å². The summed E-state index contributed by atoms with van der Waals surface area (Å²) < 4.78 is 13.1.